The van der Waals surface area contributed by atoms with E-state index >= 15 is 0 Å². The van der Waals surface area contributed by atoms with Crippen LogP contribution in [0.3, 0.4) is 0 Å². The highest BCUT2D eigenvalue weighted by Crippen LogP contribution is 2.25. The molecule has 1 amide bonds. The third-order valence-electron chi connectivity index (χ3n) is 4.69. The second-order valence-electron chi connectivity index (χ2n) is 6.95. The van der Waals surface area contributed by atoms with E-state index in [2.05, 4.69) is 10.3 Å². The minimum absolute atomic E-state index is 0.180. The summed E-state index contributed by atoms with van der Waals surface area (Å²) in [6.45, 7) is 1.85. The Morgan fingerprint density at radius 2 is 1.91 bits per heavy atom. The number of aromatic nitrogens is 2. The third-order valence-corrected chi connectivity index (χ3v) is 6.04. The van der Waals surface area contributed by atoms with Gasteiger partial charge >= 0.3 is 0 Å². The molecule has 0 unspecified atom stereocenters. The molecule has 9 heteroatoms. The first-order valence-corrected chi connectivity index (χ1v) is 10.9. The number of carbonyl (C=O) groups excluding carboxylic acids is 1. The van der Waals surface area contributed by atoms with Gasteiger partial charge in [0.2, 0.25) is 5.91 Å². The van der Waals surface area contributed by atoms with Gasteiger partial charge in [0.25, 0.3) is 5.56 Å². The van der Waals surface area contributed by atoms with Crippen molar-refractivity contribution < 1.29 is 13.6 Å². The van der Waals surface area contributed by atoms with Gasteiger partial charge in [-0.2, -0.15) is 0 Å². The van der Waals surface area contributed by atoms with Gasteiger partial charge in [0.05, 0.1) is 28.0 Å². The molecule has 0 spiro atoms. The summed E-state index contributed by atoms with van der Waals surface area (Å²) in [4.78, 5) is 30.2. The molecule has 32 heavy (non-hydrogen) atoms. The lowest BCUT2D eigenvalue weighted by Crippen LogP contribution is -2.23. The number of halogens is 3. The van der Waals surface area contributed by atoms with E-state index in [0.29, 0.717) is 21.6 Å². The van der Waals surface area contributed by atoms with E-state index < -0.39 is 17.5 Å². The van der Waals surface area contributed by atoms with Crippen LogP contribution in [0.2, 0.25) is 5.02 Å². The molecule has 0 radical (unpaired) electrons. The van der Waals surface area contributed by atoms with Gasteiger partial charge in [0, 0.05) is 11.1 Å². The number of carbonyl (C=O) groups is 1. The van der Waals surface area contributed by atoms with Gasteiger partial charge in [0.15, 0.2) is 5.16 Å². The van der Waals surface area contributed by atoms with Gasteiger partial charge in [-0.25, -0.2) is 13.8 Å². The Morgan fingerprint density at radius 1 is 1.12 bits per heavy atom. The second-order valence-corrected chi connectivity index (χ2v) is 8.30. The van der Waals surface area contributed by atoms with Crippen LogP contribution >= 0.6 is 23.4 Å². The Morgan fingerprint density at radius 3 is 2.69 bits per heavy atom. The molecule has 0 aliphatic carbocycles. The maximum atomic E-state index is 13.8. The molecule has 4 aromatic rings. The predicted octanol–water partition coefficient (Wildman–Crippen LogP) is 5.36. The van der Waals surface area contributed by atoms with Gasteiger partial charge in [-0.3, -0.25) is 14.2 Å². The summed E-state index contributed by atoms with van der Waals surface area (Å²) in [5.74, 6) is -2.17. The molecule has 0 bridgehead atoms. The van der Waals surface area contributed by atoms with Crippen molar-refractivity contribution in [3.05, 3.63) is 93.2 Å². The van der Waals surface area contributed by atoms with Crippen LogP contribution in [0.25, 0.3) is 16.6 Å². The number of hydrogen-bond acceptors (Lipinski definition) is 4. The fourth-order valence-corrected chi connectivity index (χ4v) is 4.05. The van der Waals surface area contributed by atoms with Crippen LogP contribution in [0, 0.1) is 18.6 Å². The van der Waals surface area contributed by atoms with Crippen molar-refractivity contribution >= 4 is 45.9 Å². The highest BCUT2D eigenvalue weighted by Gasteiger charge is 2.16. The first-order chi connectivity index (χ1) is 15.3. The summed E-state index contributed by atoms with van der Waals surface area (Å²) in [7, 11) is 0. The largest absolute Gasteiger partial charge is 0.323 e. The van der Waals surface area contributed by atoms with E-state index in [1.165, 1.54) is 4.57 Å². The molecule has 3 aromatic carbocycles. The second kappa shape index (κ2) is 9.10. The lowest BCUT2D eigenvalue weighted by Gasteiger charge is -2.14. The van der Waals surface area contributed by atoms with Crippen LogP contribution in [0.5, 0.6) is 0 Å². The molecule has 1 aromatic heterocycles. The van der Waals surface area contributed by atoms with E-state index in [0.717, 1.165) is 35.5 Å². The van der Waals surface area contributed by atoms with Gasteiger partial charge in [-0.15, -0.1) is 0 Å². The van der Waals surface area contributed by atoms with Gasteiger partial charge in [0.1, 0.15) is 11.6 Å². The molecule has 0 aliphatic rings. The van der Waals surface area contributed by atoms with Crippen molar-refractivity contribution in [2.24, 2.45) is 0 Å². The number of benzene rings is 3. The first kappa shape index (κ1) is 22.0. The normalized spacial score (nSPS) is 11.0. The Hall–Kier alpha value is -3.23. The predicted molar refractivity (Wildman–Crippen MR) is 123 cm³/mol. The van der Waals surface area contributed by atoms with Gasteiger partial charge < -0.3 is 5.32 Å². The van der Waals surface area contributed by atoms with E-state index in [9.17, 15) is 18.4 Å². The topological polar surface area (TPSA) is 64.0 Å². The number of rotatable bonds is 5. The van der Waals surface area contributed by atoms with Crippen LogP contribution in [-0.2, 0) is 4.79 Å². The van der Waals surface area contributed by atoms with Crippen molar-refractivity contribution in [2.45, 2.75) is 12.1 Å². The molecule has 5 nitrogen and oxygen atoms in total. The van der Waals surface area contributed by atoms with Crippen LogP contribution in [0.4, 0.5) is 14.5 Å². The maximum Gasteiger partial charge on any atom is 0.266 e. The van der Waals surface area contributed by atoms with Crippen molar-refractivity contribution in [1.29, 1.82) is 0 Å². The Labute approximate surface area is 191 Å². The SMILES string of the molecule is Cc1ccc(-n2c(SCC(=O)Nc3cc(F)ccc3F)nc3ccccc3c2=O)cc1Cl. The number of nitrogens with one attached hydrogen (secondary N) is 1. The van der Waals surface area contributed by atoms with E-state index in [1.54, 1.807) is 42.5 Å². The summed E-state index contributed by atoms with van der Waals surface area (Å²) in [5, 5.41) is 3.51. The lowest BCUT2D eigenvalue weighted by molar-refractivity contribution is -0.113. The average molecular weight is 472 g/mol. The molecule has 0 fully saturated rings. The summed E-state index contributed by atoms with van der Waals surface area (Å²) in [6.07, 6.45) is 0. The number of aryl methyl sites for hydroxylation is 1. The summed E-state index contributed by atoms with van der Waals surface area (Å²) in [6, 6.07) is 14.9. The number of thioether (sulfide) groups is 1. The van der Waals surface area contributed by atoms with E-state index in [4.69, 9.17) is 11.6 Å². The van der Waals surface area contributed by atoms with Crippen LogP contribution in [0.15, 0.2) is 70.6 Å². The van der Waals surface area contributed by atoms with Crippen molar-refractivity contribution in [3.63, 3.8) is 0 Å². The molecule has 0 aliphatic heterocycles. The summed E-state index contributed by atoms with van der Waals surface area (Å²) in [5.41, 5.74) is 1.26. The molecule has 1 heterocycles. The quantitative estimate of drug-likeness (QED) is 0.314. The van der Waals surface area contributed by atoms with E-state index in [1.807, 2.05) is 6.92 Å². The monoisotopic (exact) mass is 471 g/mol. The van der Waals surface area contributed by atoms with Crippen LogP contribution in [0.1, 0.15) is 5.56 Å². The highest BCUT2D eigenvalue weighted by molar-refractivity contribution is 7.99. The third kappa shape index (κ3) is 4.51. The molecule has 1 N–H and O–H groups in total. The molecule has 162 valence electrons. The van der Waals surface area contributed by atoms with Crippen molar-refractivity contribution in [1.82, 2.24) is 9.55 Å². The molecule has 4 rings (SSSR count). The van der Waals surface area contributed by atoms with Crippen molar-refractivity contribution in [2.75, 3.05) is 11.1 Å². The van der Waals surface area contributed by atoms with E-state index in [-0.39, 0.29) is 22.2 Å². The Kier molecular flexibility index (Phi) is 6.25. The number of para-hydroxylation sites is 1. The molecule has 0 saturated carbocycles. The summed E-state index contributed by atoms with van der Waals surface area (Å²) < 4.78 is 28.6. The molecular formula is C23H16ClF2N3O2S. The minimum atomic E-state index is -0.750. The number of anilines is 1. The van der Waals surface area contributed by atoms with Crippen LogP contribution in [-0.4, -0.2) is 21.2 Å². The average Bonchev–Trinajstić information content (AvgIpc) is 2.77. The first-order valence-electron chi connectivity index (χ1n) is 9.49. The molecule has 0 saturated heterocycles. The number of hydrogen-bond donors (Lipinski definition) is 1. The fourth-order valence-electron chi connectivity index (χ4n) is 3.07. The zero-order valence-corrected chi connectivity index (χ0v) is 18.3. The molecular weight excluding hydrogens is 456 g/mol. The minimum Gasteiger partial charge on any atom is -0.323 e. The number of nitrogens with zero attached hydrogens (tertiary/aromatic N) is 2. The zero-order chi connectivity index (χ0) is 22.8. The van der Waals surface area contributed by atoms with Crippen molar-refractivity contribution in [3.8, 4) is 5.69 Å². The Bertz CT molecular complexity index is 1410. The number of amides is 1. The zero-order valence-electron chi connectivity index (χ0n) is 16.7. The lowest BCUT2D eigenvalue weighted by atomic mass is 10.2. The Balaban J connectivity index is 1.69. The molecule has 0 atom stereocenters. The van der Waals surface area contributed by atoms with Gasteiger partial charge in [-0.1, -0.05) is 41.6 Å². The highest BCUT2D eigenvalue weighted by atomic mass is 35.5. The standard InChI is InChI=1S/C23H16ClF2N3O2S/c1-13-6-8-15(11-17(13)24)29-22(31)16-4-2-3-5-19(16)28-23(29)32-12-21(30)27-20-10-14(25)7-9-18(20)26/h2-11H,12H2,1H3,(H,27,30). The smallest absolute Gasteiger partial charge is 0.266 e. The van der Waals surface area contributed by atoms with Crippen LogP contribution < -0.4 is 10.9 Å². The maximum absolute atomic E-state index is 13.8. The number of fused-ring (bicyclic) bond motifs is 1. The fraction of sp³-hybridized carbons (Fsp3) is 0.0870. The summed E-state index contributed by atoms with van der Waals surface area (Å²) >= 11 is 7.26. The van der Waals surface area contributed by atoms with Gasteiger partial charge in [-0.05, 0) is 48.9 Å².